The molecule has 1 atom stereocenters. The highest BCUT2D eigenvalue weighted by Crippen LogP contribution is 2.14. The van der Waals surface area contributed by atoms with Gasteiger partial charge in [0.05, 0.1) is 11.2 Å². The summed E-state index contributed by atoms with van der Waals surface area (Å²) in [5, 5.41) is 3.54. The van der Waals surface area contributed by atoms with Gasteiger partial charge in [-0.2, -0.15) is 0 Å². The van der Waals surface area contributed by atoms with Gasteiger partial charge in [-0.1, -0.05) is 30.3 Å². The Balaban J connectivity index is 1.81. The molecule has 2 rings (SSSR count). The van der Waals surface area contributed by atoms with E-state index in [2.05, 4.69) is 54.5 Å². The minimum absolute atomic E-state index is 0.407. The van der Waals surface area contributed by atoms with Crippen LogP contribution in [-0.4, -0.2) is 11.5 Å². The lowest BCUT2D eigenvalue weighted by Crippen LogP contribution is -2.21. The van der Waals surface area contributed by atoms with Crippen molar-refractivity contribution in [2.45, 2.75) is 26.3 Å². The zero-order chi connectivity index (χ0) is 12.1. The Hall–Kier alpha value is -1.19. The summed E-state index contributed by atoms with van der Waals surface area (Å²) in [6.45, 7) is 5.28. The van der Waals surface area contributed by atoms with Crippen LogP contribution >= 0.6 is 11.3 Å². The maximum Gasteiger partial charge on any atom is 0.0797 e. The quantitative estimate of drug-likeness (QED) is 0.875. The van der Waals surface area contributed by atoms with E-state index in [0.717, 1.165) is 13.0 Å². The van der Waals surface area contributed by atoms with E-state index in [0.29, 0.717) is 6.04 Å². The van der Waals surface area contributed by atoms with Crippen molar-refractivity contribution >= 4 is 11.3 Å². The van der Waals surface area contributed by atoms with Crippen LogP contribution in [0.2, 0.25) is 0 Å². The van der Waals surface area contributed by atoms with Crippen molar-refractivity contribution in [3.8, 4) is 0 Å². The first-order valence-corrected chi connectivity index (χ1v) is 6.82. The van der Waals surface area contributed by atoms with Gasteiger partial charge in [-0.25, -0.2) is 4.98 Å². The predicted molar refractivity (Wildman–Crippen MR) is 73.4 cm³/mol. The maximum absolute atomic E-state index is 4.26. The van der Waals surface area contributed by atoms with Crippen LogP contribution in [0.4, 0.5) is 0 Å². The number of aromatic nitrogens is 1. The maximum atomic E-state index is 4.26. The molecule has 17 heavy (non-hydrogen) atoms. The molecule has 2 aromatic rings. The molecule has 0 saturated carbocycles. The molecule has 0 amide bonds. The molecule has 0 aliphatic rings. The topological polar surface area (TPSA) is 24.9 Å². The number of rotatable bonds is 5. The van der Waals surface area contributed by atoms with Gasteiger partial charge < -0.3 is 5.32 Å². The Morgan fingerprint density at radius 1 is 1.29 bits per heavy atom. The summed E-state index contributed by atoms with van der Waals surface area (Å²) in [4.78, 5) is 5.65. The van der Waals surface area contributed by atoms with E-state index in [9.17, 15) is 0 Å². The summed E-state index contributed by atoms with van der Waals surface area (Å²) >= 11 is 1.75. The summed E-state index contributed by atoms with van der Waals surface area (Å²) in [6.07, 6.45) is 1.06. The van der Waals surface area contributed by atoms with Gasteiger partial charge in [0.25, 0.3) is 0 Å². The number of benzene rings is 1. The molecule has 3 heteroatoms. The Morgan fingerprint density at radius 2 is 2.06 bits per heavy atom. The lowest BCUT2D eigenvalue weighted by Gasteiger charge is -2.13. The molecule has 0 spiro atoms. The number of hydrogen-bond acceptors (Lipinski definition) is 3. The van der Waals surface area contributed by atoms with Gasteiger partial charge in [-0.05, 0) is 25.8 Å². The van der Waals surface area contributed by atoms with Crippen LogP contribution in [0.5, 0.6) is 0 Å². The lowest BCUT2D eigenvalue weighted by molar-refractivity contribution is 0.578. The Morgan fingerprint density at radius 3 is 2.71 bits per heavy atom. The van der Waals surface area contributed by atoms with Crippen molar-refractivity contribution in [2.75, 3.05) is 6.54 Å². The molecule has 0 aliphatic carbocycles. The average molecular weight is 246 g/mol. The molecule has 0 aliphatic heterocycles. The van der Waals surface area contributed by atoms with E-state index in [4.69, 9.17) is 0 Å². The average Bonchev–Trinajstić information content (AvgIpc) is 2.76. The second-order valence-electron chi connectivity index (χ2n) is 4.20. The van der Waals surface area contributed by atoms with Crippen molar-refractivity contribution in [3.05, 3.63) is 52.0 Å². The highest BCUT2D eigenvalue weighted by molar-refractivity contribution is 7.09. The van der Waals surface area contributed by atoms with Gasteiger partial charge in [0.1, 0.15) is 0 Å². The summed E-state index contributed by atoms with van der Waals surface area (Å²) < 4.78 is 0. The summed E-state index contributed by atoms with van der Waals surface area (Å²) in [5.41, 5.74) is 4.43. The van der Waals surface area contributed by atoms with Gasteiger partial charge in [-0.15, -0.1) is 11.3 Å². The van der Waals surface area contributed by atoms with Crippen LogP contribution in [0.25, 0.3) is 0 Å². The fourth-order valence-electron chi connectivity index (χ4n) is 1.83. The third kappa shape index (κ3) is 3.38. The van der Waals surface area contributed by atoms with Gasteiger partial charge in [0, 0.05) is 17.5 Å². The molecule has 0 bridgehead atoms. The fourth-order valence-corrected chi connectivity index (χ4v) is 2.61. The molecule has 1 aromatic heterocycles. The molecule has 1 aromatic carbocycles. The Labute approximate surface area is 107 Å². The predicted octanol–water partition coefficient (Wildman–Crippen LogP) is 3.34. The lowest BCUT2D eigenvalue weighted by atomic mass is 10.1. The monoisotopic (exact) mass is 246 g/mol. The number of nitrogens with zero attached hydrogens (tertiary/aromatic N) is 1. The largest absolute Gasteiger partial charge is 0.310 e. The van der Waals surface area contributed by atoms with Crippen molar-refractivity contribution in [3.63, 3.8) is 0 Å². The van der Waals surface area contributed by atoms with Crippen molar-refractivity contribution in [1.82, 2.24) is 10.3 Å². The molecule has 1 N–H and O–H groups in total. The van der Waals surface area contributed by atoms with Crippen LogP contribution in [0, 0.1) is 6.92 Å². The van der Waals surface area contributed by atoms with Crippen LogP contribution in [0.1, 0.15) is 29.1 Å². The fraction of sp³-hybridized carbons (Fsp3) is 0.357. The molecule has 90 valence electrons. The third-order valence-corrected chi connectivity index (χ3v) is 3.94. The number of nitrogens with one attached hydrogen (secondary N) is 1. The number of aryl methyl sites for hydroxylation is 1. The summed E-state index contributed by atoms with van der Waals surface area (Å²) in [6, 6.07) is 11.0. The minimum atomic E-state index is 0.407. The van der Waals surface area contributed by atoms with Crippen LogP contribution < -0.4 is 5.32 Å². The molecule has 0 unspecified atom stereocenters. The first-order valence-electron chi connectivity index (χ1n) is 5.94. The standard InChI is InChI=1S/C14H18N2S/c1-11(13-6-4-3-5-7-13)15-9-8-14-12(2)16-10-17-14/h3-7,10-11,15H,8-9H2,1-2H3/t11-/m1/s1. The van der Waals surface area contributed by atoms with E-state index in [1.807, 2.05) is 5.51 Å². The van der Waals surface area contributed by atoms with Crippen LogP contribution in [0.3, 0.4) is 0 Å². The van der Waals surface area contributed by atoms with E-state index >= 15 is 0 Å². The highest BCUT2D eigenvalue weighted by Gasteiger charge is 2.05. The summed E-state index contributed by atoms with van der Waals surface area (Å²) in [5.74, 6) is 0. The van der Waals surface area contributed by atoms with Crippen molar-refractivity contribution in [2.24, 2.45) is 0 Å². The Bertz CT molecular complexity index is 450. The number of thiazole rings is 1. The first kappa shape index (κ1) is 12.3. The SMILES string of the molecule is Cc1ncsc1CCN[C@H](C)c1ccccc1. The van der Waals surface area contributed by atoms with Gasteiger partial charge in [-0.3, -0.25) is 0 Å². The molecule has 1 heterocycles. The first-order chi connectivity index (χ1) is 8.27. The van der Waals surface area contributed by atoms with E-state index in [1.54, 1.807) is 11.3 Å². The van der Waals surface area contributed by atoms with E-state index in [-0.39, 0.29) is 0 Å². The zero-order valence-corrected chi connectivity index (χ0v) is 11.1. The minimum Gasteiger partial charge on any atom is -0.310 e. The van der Waals surface area contributed by atoms with Crippen LogP contribution in [0.15, 0.2) is 35.8 Å². The zero-order valence-electron chi connectivity index (χ0n) is 10.3. The molecular weight excluding hydrogens is 228 g/mol. The van der Waals surface area contributed by atoms with Crippen molar-refractivity contribution < 1.29 is 0 Å². The smallest absolute Gasteiger partial charge is 0.0797 e. The van der Waals surface area contributed by atoms with Gasteiger partial charge >= 0.3 is 0 Å². The third-order valence-electron chi connectivity index (χ3n) is 2.95. The van der Waals surface area contributed by atoms with Crippen LogP contribution in [-0.2, 0) is 6.42 Å². The number of hydrogen-bond donors (Lipinski definition) is 1. The summed E-state index contributed by atoms with van der Waals surface area (Å²) in [7, 11) is 0. The molecule has 0 radical (unpaired) electrons. The molecule has 0 saturated heterocycles. The van der Waals surface area contributed by atoms with E-state index in [1.165, 1.54) is 16.1 Å². The van der Waals surface area contributed by atoms with E-state index < -0.39 is 0 Å². The normalized spacial score (nSPS) is 12.6. The second-order valence-corrected chi connectivity index (χ2v) is 5.14. The highest BCUT2D eigenvalue weighted by atomic mass is 32.1. The van der Waals surface area contributed by atoms with Crippen molar-refractivity contribution in [1.29, 1.82) is 0 Å². The second kappa shape index (κ2) is 5.94. The molecule has 2 nitrogen and oxygen atoms in total. The van der Waals surface area contributed by atoms with Gasteiger partial charge in [0.2, 0.25) is 0 Å². The van der Waals surface area contributed by atoms with Gasteiger partial charge in [0.15, 0.2) is 0 Å². The Kier molecular flexibility index (Phi) is 4.29. The molecular formula is C14H18N2S. The molecule has 0 fully saturated rings.